The minimum atomic E-state index is 1.46. The van der Waals surface area contributed by atoms with E-state index in [2.05, 4.69) is 21.6 Å². The molecule has 0 aliphatic carbocycles. The third-order valence-corrected chi connectivity index (χ3v) is 20.2. The lowest BCUT2D eigenvalue weighted by Crippen LogP contribution is -1.72. The second-order valence-electron chi connectivity index (χ2n) is 4.71. The Balaban J connectivity index is 1.15. The van der Waals surface area contributed by atoms with E-state index in [-0.39, 0.29) is 0 Å². The molecule has 26 heavy (non-hydrogen) atoms. The Morgan fingerprint density at radius 3 is 0.692 bits per heavy atom. The summed E-state index contributed by atoms with van der Waals surface area (Å²) in [6.45, 7) is 0. The van der Waals surface area contributed by atoms with Gasteiger partial charge in [0.25, 0.3) is 0 Å². The van der Waals surface area contributed by atoms with Crippen LogP contribution in [-0.2, 0) is 0 Å². The minimum Gasteiger partial charge on any atom is -0.0884 e. The van der Waals surface area contributed by atoms with Crippen molar-refractivity contribution in [3.8, 4) is 0 Å². The fourth-order valence-electron chi connectivity index (χ4n) is 2.11. The van der Waals surface area contributed by atoms with Crippen molar-refractivity contribution in [3.63, 3.8) is 0 Å². The van der Waals surface area contributed by atoms with Crippen molar-refractivity contribution in [1.29, 1.82) is 0 Å². The van der Waals surface area contributed by atoms with Crippen LogP contribution in [0.2, 0.25) is 0 Å². The van der Waals surface area contributed by atoms with Crippen molar-refractivity contribution in [2.24, 2.45) is 0 Å². The van der Waals surface area contributed by atoms with E-state index >= 15 is 0 Å². The average Bonchev–Trinajstić information content (AvgIpc) is 3.40. The first-order valence-corrected chi connectivity index (χ1v) is 17.0. The van der Waals surface area contributed by atoms with Gasteiger partial charge in [-0.2, -0.15) is 0 Å². The lowest BCUT2D eigenvalue weighted by molar-refractivity contribution is 2.31. The summed E-state index contributed by atoms with van der Waals surface area (Å²) in [5.41, 5.74) is 0. The van der Waals surface area contributed by atoms with Crippen LogP contribution < -0.4 is 0 Å². The predicted molar refractivity (Wildman–Crippen MR) is 145 cm³/mol. The summed E-state index contributed by atoms with van der Waals surface area (Å²) in [6, 6.07) is 0. The highest BCUT2D eigenvalue weighted by Gasteiger charge is 2.37. The van der Waals surface area contributed by atoms with E-state index in [9.17, 15) is 0 Å². The van der Waals surface area contributed by atoms with Crippen molar-refractivity contribution >= 4 is 141 Å². The third-order valence-electron chi connectivity index (χ3n) is 3.13. The first kappa shape index (κ1) is 19.1. The second kappa shape index (κ2) is 8.14. The van der Waals surface area contributed by atoms with Gasteiger partial charge in [0.15, 0.2) is 0 Å². The molecule has 0 unspecified atom stereocenters. The van der Waals surface area contributed by atoms with Gasteiger partial charge in [0.2, 0.25) is 0 Å². The minimum absolute atomic E-state index is 1.46. The molecule has 0 nitrogen and oxygen atoms in total. The molecule has 6 aliphatic rings. The number of thioether (sulfide) groups is 12. The Labute approximate surface area is 202 Å². The number of hydrogen-bond donors (Lipinski definition) is 0. The van der Waals surface area contributed by atoms with Gasteiger partial charge in [0.05, 0.1) is 42.4 Å². The Morgan fingerprint density at radius 1 is 0.269 bits per heavy atom. The summed E-state index contributed by atoms with van der Waals surface area (Å²) in [5.74, 6) is 0. The van der Waals surface area contributed by atoms with E-state index in [1.54, 1.807) is 0 Å². The van der Waals surface area contributed by atoms with Crippen LogP contribution in [0.3, 0.4) is 0 Å². The van der Waals surface area contributed by atoms with E-state index in [4.69, 9.17) is 0 Å². The molecule has 0 saturated heterocycles. The van der Waals surface area contributed by atoms with Gasteiger partial charge in [-0.05, 0) is 21.6 Å². The maximum atomic E-state index is 2.19. The van der Waals surface area contributed by atoms with Crippen LogP contribution in [0.25, 0.3) is 0 Å². The molecule has 0 amide bonds. The van der Waals surface area contributed by atoms with E-state index in [0.29, 0.717) is 0 Å². The fourth-order valence-corrected chi connectivity index (χ4v) is 19.4. The molecule has 0 aromatic carbocycles. The molecule has 0 saturated carbocycles. The van der Waals surface area contributed by atoms with Crippen molar-refractivity contribution in [1.82, 2.24) is 0 Å². The van der Waals surface area contributed by atoms with Gasteiger partial charge in [-0.1, -0.05) is 141 Å². The molecule has 6 aliphatic heterocycles. The SMILES string of the molecule is C1=CSC2=C(S1)SC(=C1SC3=C(S1)SC(=C1SC4=C(SC=CS4)S1)S3)S2. The van der Waals surface area contributed by atoms with Crippen LogP contribution in [0.1, 0.15) is 0 Å². The Morgan fingerprint density at radius 2 is 0.462 bits per heavy atom. The molecule has 0 N–H and O–H groups in total. The zero-order valence-corrected chi connectivity index (χ0v) is 22.0. The maximum Gasteiger partial charge on any atom is 0.0718 e. The molecule has 0 radical (unpaired) electrons. The van der Waals surface area contributed by atoms with Crippen LogP contribution in [-0.4, -0.2) is 0 Å². The summed E-state index contributed by atoms with van der Waals surface area (Å²) in [7, 11) is 0. The van der Waals surface area contributed by atoms with Crippen LogP contribution >= 0.6 is 141 Å². The molecule has 0 aromatic heterocycles. The topological polar surface area (TPSA) is 0 Å². The van der Waals surface area contributed by atoms with Gasteiger partial charge in [-0.15, -0.1) is 0 Å². The molecule has 6 rings (SSSR count). The lowest BCUT2D eigenvalue weighted by Gasteiger charge is -2.07. The summed E-state index contributed by atoms with van der Waals surface area (Å²) < 4.78 is 14.7. The molecule has 0 fully saturated rings. The molecule has 132 valence electrons. The summed E-state index contributed by atoms with van der Waals surface area (Å²) in [6.07, 6.45) is 0. The molecule has 12 heteroatoms. The highest BCUT2D eigenvalue weighted by atomic mass is 32.3. The molecule has 0 bridgehead atoms. The molecule has 6 heterocycles. The van der Waals surface area contributed by atoms with E-state index < -0.39 is 0 Å². The molecule has 0 atom stereocenters. The Hall–Kier alpha value is 2.38. The van der Waals surface area contributed by atoms with Crippen molar-refractivity contribution < 1.29 is 0 Å². The van der Waals surface area contributed by atoms with E-state index in [1.807, 2.05) is 141 Å². The van der Waals surface area contributed by atoms with Gasteiger partial charge in [-0.25, -0.2) is 0 Å². The fraction of sp³-hybridized carbons (Fsp3) is 0. The van der Waals surface area contributed by atoms with Gasteiger partial charge >= 0.3 is 0 Å². The van der Waals surface area contributed by atoms with Crippen LogP contribution in [0.15, 0.2) is 64.0 Å². The summed E-state index contributed by atoms with van der Waals surface area (Å²) in [5, 5.41) is 8.77. The molecular formula is C14H4S12. The highest BCUT2D eigenvalue weighted by Crippen LogP contribution is 2.73. The standard InChI is InChI=1S/C14H4S12/c1-2-16-6-5(15-1)19-9(20-6)11-23-13-14(24-11)26-12(25-13)10-21-7-8(22-10)18-4-3-17-7/h1-4H. The zero-order valence-electron chi connectivity index (χ0n) is 12.2. The van der Waals surface area contributed by atoms with E-state index in [0.717, 1.165) is 0 Å². The van der Waals surface area contributed by atoms with Gasteiger partial charge in [0.1, 0.15) is 0 Å². The monoisotopic (exact) mass is 556 g/mol. The highest BCUT2D eigenvalue weighted by molar-refractivity contribution is 8.51. The second-order valence-corrected chi connectivity index (χ2v) is 19.1. The first-order valence-electron chi connectivity index (χ1n) is 6.94. The Bertz CT molecular complexity index is 803. The summed E-state index contributed by atoms with van der Waals surface area (Å²) in [4.78, 5) is 0. The molecule has 0 aromatic rings. The molecular weight excluding hydrogens is 553 g/mol. The van der Waals surface area contributed by atoms with E-state index in [1.165, 1.54) is 42.4 Å². The van der Waals surface area contributed by atoms with Crippen molar-refractivity contribution in [2.75, 3.05) is 0 Å². The number of rotatable bonds is 0. The molecule has 0 spiro atoms. The van der Waals surface area contributed by atoms with Gasteiger partial charge in [-0.3, -0.25) is 0 Å². The lowest BCUT2D eigenvalue weighted by atomic mass is 11.2. The third kappa shape index (κ3) is 3.63. The zero-order chi connectivity index (χ0) is 17.1. The van der Waals surface area contributed by atoms with Gasteiger partial charge in [0, 0.05) is 0 Å². The van der Waals surface area contributed by atoms with Crippen LogP contribution in [0, 0.1) is 0 Å². The van der Waals surface area contributed by atoms with Crippen LogP contribution in [0.4, 0.5) is 0 Å². The normalized spacial score (nSPS) is 27.4. The predicted octanol–water partition coefficient (Wildman–Crippen LogP) is 10.4. The van der Waals surface area contributed by atoms with Crippen LogP contribution in [0.5, 0.6) is 0 Å². The maximum absolute atomic E-state index is 2.19. The smallest absolute Gasteiger partial charge is 0.0718 e. The largest absolute Gasteiger partial charge is 0.0884 e. The quantitative estimate of drug-likeness (QED) is 0.278. The van der Waals surface area contributed by atoms with Crippen molar-refractivity contribution in [3.05, 3.63) is 64.0 Å². The van der Waals surface area contributed by atoms with Gasteiger partial charge < -0.3 is 0 Å². The summed E-state index contributed by atoms with van der Waals surface area (Å²) >= 11 is 23.2. The van der Waals surface area contributed by atoms with Crippen molar-refractivity contribution in [2.45, 2.75) is 0 Å². The first-order chi connectivity index (χ1) is 12.8. The average molecular weight is 557 g/mol. The Kier molecular flexibility index (Phi) is 5.98. The number of hydrogen-bond acceptors (Lipinski definition) is 12.